The van der Waals surface area contributed by atoms with Crippen LogP contribution in [-0.2, 0) is 21.2 Å². The van der Waals surface area contributed by atoms with Gasteiger partial charge in [0, 0.05) is 25.4 Å². The van der Waals surface area contributed by atoms with Gasteiger partial charge in [-0.3, -0.25) is 9.59 Å². The van der Waals surface area contributed by atoms with Gasteiger partial charge in [0.1, 0.15) is 5.69 Å². The summed E-state index contributed by atoms with van der Waals surface area (Å²) in [4.78, 5) is 29.5. The van der Waals surface area contributed by atoms with Crippen molar-refractivity contribution < 1.29 is 18.0 Å². The Hall–Kier alpha value is -2.26. The second kappa shape index (κ2) is 6.33. The summed E-state index contributed by atoms with van der Waals surface area (Å²) in [7, 11) is -3.41. The van der Waals surface area contributed by atoms with Crippen molar-refractivity contribution in [3.05, 3.63) is 40.9 Å². The molecule has 0 bridgehead atoms. The molecule has 2 heterocycles. The number of nitrogens with one attached hydrogen (secondary N) is 1. The monoisotopic (exact) mass is 365 g/mol. The molecule has 2 amide bonds. The van der Waals surface area contributed by atoms with Crippen LogP contribution in [0.25, 0.3) is 0 Å². The molecule has 0 fully saturated rings. The van der Waals surface area contributed by atoms with Crippen molar-refractivity contribution in [3.63, 3.8) is 0 Å². The van der Waals surface area contributed by atoms with Crippen LogP contribution in [0.1, 0.15) is 23.0 Å². The van der Waals surface area contributed by atoms with Crippen LogP contribution in [0.2, 0.25) is 0 Å². The minimum Gasteiger partial charge on any atom is -0.332 e. The molecule has 1 aromatic carbocycles. The van der Waals surface area contributed by atoms with Crippen molar-refractivity contribution in [3.8, 4) is 0 Å². The Balaban J connectivity index is 1.87. The van der Waals surface area contributed by atoms with Crippen molar-refractivity contribution >= 4 is 38.1 Å². The summed E-state index contributed by atoms with van der Waals surface area (Å²) in [6.45, 7) is 1.67. The third-order valence-electron chi connectivity index (χ3n) is 3.59. The molecule has 0 aliphatic carbocycles. The molecule has 126 valence electrons. The zero-order valence-electron chi connectivity index (χ0n) is 12.9. The fourth-order valence-corrected chi connectivity index (χ4v) is 4.71. The van der Waals surface area contributed by atoms with E-state index in [1.54, 1.807) is 29.6 Å². The van der Waals surface area contributed by atoms with Crippen LogP contribution in [0.3, 0.4) is 0 Å². The van der Waals surface area contributed by atoms with Crippen molar-refractivity contribution in [1.82, 2.24) is 9.88 Å². The van der Waals surface area contributed by atoms with Gasteiger partial charge >= 0.3 is 0 Å². The molecule has 9 heteroatoms. The van der Waals surface area contributed by atoms with Gasteiger partial charge in [0.25, 0.3) is 5.91 Å². The van der Waals surface area contributed by atoms with E-state index in [2.05, 4.69) is 10.3 Å². The summed E-state index contributed by atoms with van der Waals surface area (Å²) in [5.74, 6) is -0.744. The van der Waals surface area contributed by atoms with E-state index in [0.29, 0.717) is 10.7 Å². The molecule has 7 nitrogen and oxygen atoms in total. The normalized spacial score (nSPS) is 16.1. The summed E-state index contributed by atoms with van der Waals surface area (Å²) >= 11 is 1.15. The average molecular weight is 365 g/mol. The number of aromatic nitrogens is 1. The van der Waals surface area contributed by atoms with E-state index in [1.165, 1.54) is 11.8 Å². The van der Waals surface area contributed by atoms with Gasteiger partial charge in [-0.25, -0.2) is 13.4 Å². The first kappa shape index (κ1) is 16.6. The molecule has 0 saturated heterocycles. The number of benzene rings is 1. The van der Waals surface area contributed by atoms with Gasteiger partial charge in [-0.2, -0.15) is 0 Å². The second-order valence-corrected chi connectivity index (χ2v) is 8.31. The summed E-state index contributed by atoms with van der Waals surface area (Å²) in [6.07, 6.45) is 0. The molecule has 0 spiro atoms. The quantitative estimate of drug-likeness (QED) is 0.871. The van der Waals surface area contributed by atoms with Gasteiger partial charge in [-0.15, -0.1) is 11.3 Å². The Morgan fingerprint density at radius 1 is 1.29 bits per heavy atom. The Morgan fingerprint density at radius 3 is 2.79 bits per heavy atom. The number of carbonyl (C=O) groups excluding carboxylic acids is 2. The molecule has 0 unspecified atom stereocenters. The average Bonchev–Trinajstić information content (AvgIpc) is 2.93. The standard InChI is InChI=1S/C15H15N3O4S2/c1-10(19)16-15-17-12(9-23-15)14(20)18-6-7-24(21,22)13-5-3-2-4-11(13)8-18/h2-5,9H,6-8H2,1H3,(H,16,17,19). The Labute approximate surface area is 143 Å². The number of fused-ring (bicyclic) bond motifs is 1. The van der Waals surface area contributed by atoms with Crippen molar-refractivity contribution in [2.45, 2.75) is 18.4 Å². The van der Waals surface area contributed by atoms with E-state index < -0.39 is 9.84 Å². The molecular weight excluding hydrogens is 350 g/mol. The fraction of sp³-hybridized carbons (Fsp3) is 0.267. The molecule has 24 heavy (non-hydrogen) atoms. The van der Waals surface area contributed by atoms with Crippen LogP contribution in [0, 0.1) is 0 Å². The highest BCUT2D eigenvalue weighted by molar-refractivity contribution is 7.91. The molecular formula is C15H15N3O4S2. The van der Waals surface area contributed by atoms with E-state index in [4.69, 9.17) is 0 Å². The largest absolute Gasteiger partial charge is 0.332 e. The van der Waals surface area contributed by atoms with Crippen LogP contribution in [-0.4, -0.2) is 42.4 Å². The van der Waals surface area contributed by atoms with E-state index >= 15 is 0 Å². The van der Waals surface area contributed by atoms with E-state index in [0.717, 1.165) is 11.3 Å². The number of rotatable bonds is 2. The molecule has 1 aromatic heterocycles. The maximum atomic E-state index is 12.6. The summed E-state index contributed by atoms with van der Waals surface area (Å²) in [5, 5.41) is 4.42. The molecule has 0 radical (unpaired) electrons. The van der Waals surface area contributed by atoms with Crippen LogP contribution in [0.4, 0.5) is 5.13 Å². The highest BCUT2D eigenvalue weighted by Gasteiger charge is 2.28. The number of anilines is 1. The molecule has 2 aromatic rings. The van der Waals surface area contributed by atoms with Crippen LogP contribution in [0.5, 0.6) is 0 Å². The van der Waals surface area contributed by atoms with Gasteiger partial charge in [0.05, 0.1) is 10.6 Å². The van der Waals surface area contributed by atoms with E-state index in [1.807, 2.05) is 0 Å². The Bertz CT molecular complexity index is 905. The fourth-order valence-electron chi connectivity index (χ4n) is 2.48. The first-order chi connectivity index (χ1) is 11.4. The molecule has 1 aliphatic rings. The number of hydrogen-bond acceptors (Lipinski definition) is 6. The first-order valence-electron chi connectivity index (χ1n) is 7.20. The number of carbonyl (C=O) groups is 2. The predicted octanol–water partition coefficient (Wildman–Crippen LogP) is 1.53. The molecule has 1 aliphatic heterocycles. The summed E-state index contributed by atoms with van der Waals surface area (Å²) in [5.41, 5.74) is 0.793. The SMILES string of the molecule is CC(=O)Nc1nc(C(=O)N2CCS(=O)(=O)c3ccccc3C2)cs1. The topological polar surface area (TPSA) is 96.4 Å². The number of thiazole rings is 1. The van der Waals surface area contributed by atoms with Crippen molar-refractivity contribution in [2.75, 3.05) is 17.6 Å². The first-order valence-corrected chi connectivity index (χ1v) is 9.73. The Morgan fingerprint density at radius 2 is 2.04 bits per heavy atom. The van der Waals surface area contributed by atoms with Crippen LogP contribution >= 0.6 is 11.3 Å². The third kappa shape index (κ3) is 3.31. The van der Waals surface area contributed by atoms with Gasteiger partial charge in [-0.1, -0.05) is 18.2 Å². The second-order valence-electron chi connectivity index (χ2n) is 5.37. The van der Waals surface area contributed by atoms with Gasteiger partial charge in [0.15, 0.2) is 15.0 Å². The molecule has 3 rings (SSSR count). The van der Waals surface area contributed by atoms with Crippen molar-refractivity contribution in [2.24, 2.45) is 0 Å². The van der Waals surface area contributed by atoms with E-state index in [9.17, 15) is 18.0 Å². The smallest absolute Gasteiger partial charge is 0.273 e. The summed E-state index contributed by atoms with van der Waals surface area (Å²) < 4.78 is 24.6. The Kier molecular flexibility index (Phi) is 4.37. The number of sulfone groups is 1. The lowest BCUT2D eigenvalue weighted by molar-refractivity contribution is -0.114. The van der Waals surface area contributed by atoms with Gasteiger partial charge in [0.2, 0.25) is 5.91 Å². The maximum absolute atomic E-state index is 12.6. The third-order valence-corrected chi connectivity index (χ3v) is 6.14. The highest BCUT2D eigenvalue weighted by atomic mass is 32.2. The number of hydrogen-bond donors (Lipinski definition) is 1. The lowest BCUT2D eigenvalue weighted by atomic mass is 10.2. The zero-order chi connectivity index (χ0) is 17.3. The lowest BCUT2D eigenvalue weighted by Gasteiger charge is -2.19. The zero-order valence-corrected chi connectivity index (χ0v) is 14.5. The number of nitrogens with zero attached hydrogens (tertiary/aromatic N) is 2. The summed E-state index contributed by atoms with van der Waals surface area (Å²) in [6, 6.07) is 6.70. The molecule has 0 saturated carbocycles. The maximum Gasteiger partial charge on any atom is 0.273 e. The minimum absolute atomic E-state index is 0.100. The van der Waals surface area contributed by atoms with Crippen LogP contribution < -0.4 is 5.32 Å². The highest BCUT2D eigenvalue weighted by Crippen LogP contribution is 2.24. The predicted molar refractivity (Wildman–Crippen MR) is 89.7 cm³/mol. The van der Waals surface area contributed by atoms with E-state index in [-0.39, 0.29) is 41.2 Å². The van der Waals surface area contributed by atoms with Gasteiger partial charge < -0.3 is 10.2 Å². The van der Waals surface area contributed by atoms with Gasteiger partial charge in [-0.05, 0) is 11.6 Å². The lowest BCUT2D eigenvalue weighted by Crippen LogP contribution is -2.32. The van der Waals surface area contributed by atoms with Crippen molar-refractivity contribution in [1.29, 1.82) is 0 Å². The number of amides is 2. The minimum atomic E-state index is -3.41. The van der Waals surface area contributed by atoms with Crippen LogP contribution in [0.15, 0.2) is 34.5 Å². The molecule has 0 atom stereocenters. The molecule has 1 N–H and O–H groups in total.